The van der Waals surface area contributed by atoms with E-state index >= 15 is 0 Å². The van der Waals surface area contributed by atoms with E-state index in [9.17, 15) is 9.59 Å². The van der Waals surface area contributed by atoms with Crippen LogP contribution in [0.2, 0.25) is 0 Å². The predicted octanol–water partition coefficient (Wildman–Crippen LogP) is 0.657. The third kappa shape index (κ3) is 2.41. The number of halogens is 1. The van der Waals surface area contributed by atoms with Crippen molar-refractivity contribution >= 4 is 24.4 Å². The lowest BCUT2D eigenvalue weighted by Gasteiger charge is -2.30. The van der Waals surface area contributed by atoms with Crippen LogP contribution in [0, 0.1) is 0 Å². The lowest BCUT2D eigenvalue weighted by atomic mass is 9.91. The second-order valence-electron chi connectivity index (χ2n) is 3.89. The van der Waals surface area contributed by atoms with Crippen LogP contribution in [0.15, 0.2) is 0 Å². The molecule has 2 fully saturated rings. The van der Waals surface area contributed by atoms with Gasteiger partial charge in [-0.25, -0.2) is 9.69 Å². The topological polar surface area (TPSA) is 72.6 Å². The molecule has 0 radical (unpaired) electrons. The van der Waals surface area contributed by atoms with E-state index in [0.717, 1.165) is 25.7 Å². The Labute approximate surface area is 94.3 Å². The smallest absolute Gasteiger partial charge is 0.417 e. The number of hydrogen-bond donors (Lipinski definition) is 1. The monoisotopic (exact) mass is 234 g/mol. The minimum absolute atomic E-state index is 0. The summed E-state index contributed by atoms with van der Waals surface area (Å²) < 4.78 is 4.66. The summed E-state index contributed by atoms with van der Waals surface area (Å²) in [5.41, 5.74) is 5.75. The zero-order valence-corrected chi connectivity index (χ0v) is 9.16. The molecular weight excluding hydrogens is 220 g/mol. The molecule has 15 heavy (non-hydrogen) atoms. The average Bonchev–Trinajstić information content (AvgIpc) is 2.49. The molecule has 1 saturated heterocycles. The molecule has 0 aromatic heterocycles. The molecule has 2 aliphatic rings. The van der Waals surface area contributed by atoms with E-state index in [0.29, 0.717) is 0 Å². The van der Waals surface area contributed by atoms with E-state index in [1.807, 2.05) is 0 Å². The number of imide groups is 1. The first kappa shape index (κ1) is 12.3. The van der Waals surface area contributed by atoms with Crippen molar-refractivity contribution in [3.8, 4) is 0 Å². The third-order valence-electron chi connectivity index (χ3n) is 2.89. The number of carbonyl (C=O) groups is 2. The average molecular weight is 235 g/mol. The van der Waals surface area contributed by atoms with E-state index in [1.54, 1.807) is 0 Å². The van der Waals surface area contributed by atoms with Gasteiger partial charge < -0.3 is 10.5 Å². The Kier molecular flexibility index (Phi) is 3.93. The number of amides is 2. The lowest BCUT2D eigenvalue weighted by molar-refractivity contribution is -0.127. The Morgan fingerprint density at radius 2 is 1.80 bits per heavy atom. The minimum Gasteiger partial charge on any atom is -0.439 e. The van der Waals surface area contributed by atoms with Crippen LogP contribution in [0.3, 0.4) is 0 Å². The van der Waals surface area contributed by atoms with Crippen molar-refractivity contribution in [2.75, 3.05) is 6.61 Å². The Hall–Kier alpha value is -0.810. The summed E-state index contributed by atoms with van der Waals surface area (Å²) >= 11 is 0. The van der Waals surface area contributed by atoms with Crippen molar-refractivity contribution in [1.82, 2.24) is 4.90 Å². The fourth-order valence-electron chi connectivity index (χ4n) is 2.08. The van der Waals surface area contributed by atoms with E-state index in [4.69, 9.17) is 5.73 Å². The molecule has 0 spiro atoms. The molecule has 6 heteroatoms. The highest BCUT2D eigenvalue weighted by atomic mass is 35.5. The molecule has 0 unspecified atom stereocenters. The Balaban J connectivity index is 0.00000112. The van der Waals surface area contributed by atoms with E-state index in [-0.39, 0.29) is 37.0 Å². The summed E-state index contributed by atoms with van der Waals surface area (Å²) in [6, 6.07) is 0.234. The van der Waals surface area contributed by atoms with Crippen LogP contribution in [0.1, 0.15) is 25.7 Å². The number of cyclic esters (lactones) is 1. The van der Waals surface area contributed by atoms with Crippen molar-refractivity contribution in [2.45, 2.75) is 37.8 Å². The molecule has 86 valence electrons. The minimum atomic E-state index is -0.490. The first-order chi connectivity index (χ1) is 6.68. The van der Waals surface area contributed by atoms with Gasteiger partial charge in [0.2, 0.25) is 0 Å². The second-order valence-corrected chi connectivity index (χ2v) is 3.89. The van der Waals surface area contributed by atoms with Gasteiger partial charge in [0.1, 0.15) is 0 Å². The molecule has 2 N–H and O–H groups in total. The van der Waals surface area contributed by atoms with Gasteiger partial charge in [-0.05, 0) is 25.7 Å². The molecule has 1 heterocycles. The maximum atomic E-state index is 11.3. The fraction of sp³-hybridized carbons (Fsp3) is 0.778. The summed E-state index contributed by atoms with van der Waals surface area (Å²) in [4.78, 5) is 23.8. The van der Waals surface area contributed by atoms with Crippen molar-refractivity contribution < 1.29 is 14.3 Å². The summed E-state index contributed by atoms with van der Waals surface area (Å²) in [5.74, 6) is -0.213. The van der Waals surface area contributed by atoms with Crippen molar-refractivity contribution in [1.29, 1.82) is 0 Å². The maximum absolute atomic E-state index is 11.3. The molecule has 1 aliphatic heterocycles. The first-order valence-electron chi connectivity index (χ1n) is 4.93. The summed E-state index contributed by atoms with van der Waals surface area (Å²) in [6.07, 6.45) is 2.88. The number of carbonyl (C=O) groups excluding carboxylic acids is 2. The molecule has 0 aromatic carbocycles. The van der Waals surface area contributed by atoms with Gasteiger partial charge in [-0.1, -0.05) is 0 Å². The molecule has 2 amide bonds. The molecule has 0 atom stereocenters. The molecule has 1 saturated carbocycles. The van der Waals surface area contributed by atoms with Crippen molar-refractivity contribution in [3.63, 3.8) is 0 Å². The van der Waals surface area contributed by atoms with Crippen LogP contribution >= 0.6 is 12.4 Å². The number of rotatable bonds is 1. The van der Waals surface area contributed by atoms with E-state index < -0.39 is 6.09 Å². The molecule has 1 aliphatic carbocycles. The largest absolute Gasteiger partial charge is 0.439 e. The predicted molar refractivity (Wildman–Crippen MR) is 55.7 cm³/mol. The number of nitrogens with zero attached hydrogens (tertiary/aromatic N) is 1. The van der Waals surface area contributed by atoms with Crippen LogP contribution in [0.5, 0.6) is 0 Å². The number of nitrogens with two attached hydrogens (primary N) is 1. The van der Waals surface area contributed by atoms with Gasteiger partial charge in [0.15, 0.2) is 6.61 Å². The van der Waals surface area contributed by atoms with Crippen LogP contribution in [0.4, 0.5) is 4.79 Å². The van der Waals surface area contributed by atoms with Gasteiger partial charge in [0, 0.05) is 12.1 Å². The lowest BCUT2D eigenvalue weighted by Crippen LogP contribution is -2.43. The van der Waals surface area contributed by atoms with Crippen molar-refractivity contribution in [3.05, 3.63) is 0 Å². The van der Waals surface area contributed by atoms with Gasteiger partial charge in [0.05, 0.1) is 0 Å². The summed E-state index contributed by atoms with van der Waals surface area (Å²) in [7, 11) is 0. The summed E-state index contributed by atoms with van der Waals surface area (Å²) in [5, 5.41) is 0. The van der Waals surface area contributed by atoms with Gasteiger partial charge in [-0.3, -0.25) is 4.79 Å². The molecule has 5 nitrogen and oxygen atoms in total. The van der Waals surface area contributed by atoms with Gasteiger partial charge in [0.25, 0.3) is 5.91 Å². The molecule has 0 bridgehead atoms. The van der Waals surface area contributed by atoms with Crippen LogP contribution < -0.4 is 5.73 Å². The fourth-order valence-corrected chi connectivity index (χ4v) is 2.08. The third-order valence-corrected chi connectivity index (χ3v) is 2.89. The standard InChI is InChI=1S/C9H14N2O3.ClH/c10-6-1-3-7(4-2-6)11-8(12)5-14-9(11)13;/h6-7H,1-5,10H2;1H. The van der Waals surface area contributed by atoms with E-state index in [1.165, 1.54) is 4.90 Å². The number of hydrogen-bond acceptors (Lipinski definition) is 4. The van der Waals surface area contributed by atoms with Crippen LogP contribution in [0.25, 0.3) is 0 Å². The Morgan fingerprint density at radius 1 is 1.20 bits per heavy atom. The summed E-state index contributed by atoms with van der Waals surface area (Å²) in [6.45, 7) is -0.0958. The van der Waals surface area contributed by atoms with Crippen LogP contribution in [-0.2, 0) is 9.53 Å². The highest BCUT2D eigenvalue weighted by Gasteiger charge is 2.38. The highest BCUT2D eigenvalue weighted by Crippen LogP contribution is 2.24. The van der Waals surface area contributed by atoms with Crippen LogP contribution in [-0.4, -0.2) is 35.6 Å². The maximum Gasteiger partial charge on any atom is 0.417 e. The van der Waals surface area contributed by atoms with E-state index in [2.05, 4.69) is 4.74 Å². The van der Waals surface area contributed by atoms with Gasteiger partial charge >= 0.3 is 6.09 Å². The normalized spacial score (nSPS) is 31.1. The molecule has 0 aromatic rings. The SMILES string of the molecule is Cl.NC1CCC(N2C(=O)COC2=O)CC1. The molecular formula is C9H15ClN2O3. The van der Waals surface area contributed by atoms with Gasteiger partial charge in [-0.15, -0.1) is 12.4 Å². The quantitative estimate of drug-likeness (QED) is 0.723. The zero-order valence-electron chi connectivity index (χ0n) is 8.35. The van der Waals surface area contributed by atoms with Crippen molar-refractivity contribution in [2.24, 2.45) is 5.73 Å². The second kappa shape index (κ2) is 4.81. The Morgan fingerprint density at radius 3 is 2.27 bits per heavy atom. The zero-order chi connectivity index (χ0) is 10.1. The Bertz CT molecular complexity index is 248. The highest BCUT2D eigenvalue weighted by molar-refractivity contribution is 5.98. The molecule has 2 rings (SSSR count). The first-order valence-corrected chi connectivity index (χ1v) is 4.93. The number of ether oxygens (including phenoxy) is 1. The van der Waals surface area contributed by atoms with Gasteiger partial charge in [-0.2, -0.15) is 0 Å².